The third-order valence-corrected chi connectivity index (χ3v) is 4.08. The summed E-state index contributed by atoms with van der Waals surface area (Å²) in [6, 6.07) is 8.79. The molecule has 0 radical (unpaired) electrons. The van der Waals surface area contributed by atoms with Crippen molar-refractivity contribution in [3.8, 4) is 0 Å². The molecule has 96 valence electrons. The van der Waals surface area contributed by atoms with E-state index in [9.17, 15) is 0 Å². The van der Waals surface area contributed by atoms with Crippen LogP contribution in [0.5, 0.6) is 0 Å². The predicted octanol–water partition coefficient (Wildman–Crippen LogP) is 3.95. The van der Waals surface area contributed by atoms with Crippen LogP contribution < -0.4 is 5.32 Å². The number of nitrogens with one attached hydrogen (secondary N) is 1. The maximum Gasteiger partial charge on any atom is 0.00107 e. The van der Waals surface area contributed by atoms with Crippen molar-refractivity contribution in [3.05, 3.63) is 35.4 Å². The Morgan fingerprint density at radius 1 is 1.06 bits per heavy atom. The van der Waals surface area contributed by atoms with Gasteiger partial charge in [0.15, 0.2) is 0 Å². The summed E-state index contributed by atoms with van der Waals surface area (Å²) >= 11 is 0. The molecule has 0 bridgehead atoms. The molecular weight excluding hydrogens is 206 g/mol. The quantitative estimate of drug-likeness (QED) is 0.752. The third kappa shape index (κ3) is 3.85. The van der Waals surface area contributed by atoms with E-state index in [-0.39, 0.29) is 0 Å². The van der Waals surface area contributed by atoms with Gasteiger partial charge in [-0.15, -0.1) is 0 Å². The summed E-state index contributed by atoms with van der Waals surface area (Å²) in [5, 5.41) is 3.53. The van der Waals surface area contributed by atoms with Crippen LogP contribution in [0.15, 0.2) is 24.3 Å². The van der Waals surface area contributed by atoms with E-state index in [0.717, 1.165) is 13.1 Å². The molecule has 0 unspecified atom stereocenters. The van der Waals surface area contributed by atoms with E-state index in [1.54, 1.807) is 0 Å². The minimum atomic E-state index is 0.419. The molecule has 1 rings (SSSR count). The zero-order valence-corrected chi connectivity index (χ0v) is 11.8. The fourth-order valence-electron chi connectivity index (χ4n) is 2.42. The molecule has 0 aliphatic rings. The van der Waals surface area contributed by atoms with E-state index in [0.29, 0.717) is 5.41 Å². The molecule has 0 saturated carbocycles. The van der Waals surface area contributed by atoms with Gasteiger partial charge in [-0.25, -0.2) is 0 Å². The summed E-state index contributed by atoms with van der Waals surface area (Å²) in [6.45, 7) is 11.2. The van der Waals surface area contributed by atoms with Crippen molar-refractivity contribution in [1.82, 2.24) is 5.32 Å². The van der Waals surface area contributed by atoms with Gasteiger partial charge in [0, 0.05) is 6.54 Å². The molecule has 1 aromatic rings. The number of hydrogen-bond donors (Lipinski definition) is 1. The van der Waals surface area contributed by atoms with E-state index < -0.39 is 0 Å². The average Bonchev–Trinajstić information content (AvgIpc) is 2.37. The highest BCUT2D eigenvalue weighted by Crippen LogP contribution is 2.31. The highest BCUT2D eigenvalue weighted by atomic mass is 14.9. The third-order valence-electron chi connectivity index (χ3n) is 4.08. The van der Waals surface area contributed by atoms with E-state index in [4.69, 9.17) is 0 Å². The molecule has 0 aromatic heterocycles. The molecule has 0 atom stereocenters. The Bertz CT molecular complexity index is 326. The number of aryl methyl sites for hydroxylation is 1. The lowest BCUT2D eigenvalue weighted by molar-refractivity contribution is 0.248. The lowest BCUT2D eigenvalue weighted by atomic mass is 9.76. The summed E-state index contributed by atoms with van der Waals surface area (Å²) in [5.41, 5.74) is 3.35. The fourth-order valence-corrected chi connectivity index (χ4v) is 2.42. The maximum atomic E-state index is 3.53. The molecule has 1 aromatic carbocycles. The first-order valence-corrected chi connectivity index (χ1v) is 6.92. The lowest BCUT2D eigenvalue weighted by Gasteiger charge is -2.32. The van der Waals surface area contributed by atoms with Crippen LogP contribution in [0.1, 0.15) is 44.7 Å². The predicted molar refractivity (Wildman–Crippen MR) is 76.4 cm³/mol. The molecule has 1 nitrogen and oxygen atoms in total. The topological polar surface area (TPSA) is 12.0 Å². The van der Waals surface area contributed by atoms with Crippen molar-refractivity contribution in [1.29, 1.82) is 0 Å². The minimum Gasteiger partial charge on any atom is -0.316 e. The van der Waals surface area contributed by atoms with Crippen LogP contribution in [0.4, 0.5) is 0 Å². The molecule has 0 amide bonds. The van der Waals surface area contributed by atoms with E-state index in [1.807, 2.05) is 0 Å². The standard InChI is InChI=1S/C16H27N/c1-5-16(6-2,13-17-7-3)12-15-11-9-8-10-14(15)4/h8-11,17H,5-7,12-13H2,1-4H3. The second kappa shape index (κ2) is 6.80. The van der Waals surface area contributed by atoms with Gasteiger partial charge in [-0.05, 0) is 49.3 Å². The molecule has 0 heterocycles. The Morgan fingerprint density at radius 3 is 2.24 bits per heavy atom. The number of benzene rings is 1. The zero-order valence-electron chi connectivity index (χ0n) is 11.8. The van der Waals surface area contributed by atoms with Crippen molar-refractivity contribution in [2.45, 2.75) is 47.0 Å². The first kappa shape index (κ1) is 14.2. The minimum absolute atomic E-state index is 0.419. The van der Waals surface area contributed by atoms with Gasteiger partial charge in [-0.2, -0.15) is 0 Å². The Labute approximate surface area is 107 Å². The fraction of sp³-hybridized carbons (Fsp3) is 0.625. The molecule has 0 spiro atoms. The van der Waals surface area contributed by atoms with Crippen LogP contribution in [-0.2, 0) is 6.42 Å². The van der Waals surface area contributed by atoms with Gasteiger partial charge < -0.3 is 5.32 Å². The number of rotatable bonds is 7. The van der Waals surface area contributed by atoms with E-state index >= 15 is 0 Å². The smallest absolute Gasteiger partial charge is 0.00107 e. The number of hydrogen-bond acceptors (Lipinski definition) is 1. The first-order valence-electron chi connectivity index (χ1n) is 6.92. The molecule has 0 aliphatic carbocycles. The monoisotopic (exact) mass is 233 g/mol. The average molecular weight is 233 g/mol. The molecule has 0 fully saturated rings. The summed E-state index contributed by atoms with van der Waals surface area (Å²) in [5.74, 6) is 0. The Morgan fingerprint density at radius 2 is 1.71 bits per heavy atom. The van der Waals surface area contributed by atoms with Crippen molar-refractivity contribution in [3.63, 3.8) is 0 Å². The zero-order chi connectivity index (χ0) is 12.7. The molecule has 0 saturated heterocycles. The summed E-state index contributed by atoms with van der Waals surface area (Å²) < 4.78 is 0. The largest absolute Gasteiger partial charge is 0.316 e. The molecule has 0 aliphatic heterocycles. The van der Waals surface area contributed by atoms with Gasteiger partial charge >= 0.3 is 0 Å². The van der Waals surface area contributed by atoms with Crippen LogP contribution in [0.2, 0.25) is 0 Å². The van der Waals surface area contributed by atoms with Crippen molar-refractivity contribution >= 4 is 0 Å². The van der Waals surface area contributed by atoms with Gasteiger partial charge in [0.2, 0.25) is 0 Å². The van der Waals surface area contributed by atoms with E-state index in [2.05, 4.69) is 57.3 Å². The molecular formula is C16H27N. The molecule has 1 heteroatoms. The summed E-state index contributed by atoms with van der Waals surface area (Å²) in [4.78, 5) is 0. The first-order chi connectivity index (χ1) is 8.17. The van der Waals surface area contributed by atoms with Crippen LogP contribution >= 0.6 is 0 Å². The highest BCUT2D eigenvalue weighted by molar-refractivity contribution is 5.26. The van der Waals surface area contributed by atoms with Gasteiger partial charge in [-0.1, -0.05) is 45.0 Å². The van der Waals surface area contributed by atoms with Crippen molar-refractivity contribution in [2.24, 2.45) is 5.41 Å². The Balaban J connectivity index is 2.82. The lowest BCUT2D eigenvalue weighted by Crippen LogP contribution is -2.35. The summed E-state index contributed by atoms with van der Waals surface area (Å²) in [6.07, 6.45) is 3.68. The van der Waals surface area contributed by atoms with Crippen molar-refractivity contribution < 1.29 is 0 Å². The van der Waals surface area contributed by atoms with Crippen LogP contribution in [0.25, 0.3) is 0 Å². The molecule has 17 heavy (non-hydrogen) atoms. The van der Waals surface area contributed by atoms with Gasteiger partial charge in [0.05, 0.1) is 0 Å². The normalized spacial score (nSPS) is 11.8. The van der Waals surface area contributed by atoms with Gasteiger partial charge in [0.25, 0.3) is 0 Å². The Kier molecular flexibility index (Phi) is 5.70. The van der Waals surface area contributed by atoms with E-state index in [1.165, 1.54) is 30.4 Å². The second-order valence-corrected chi connectivity index (χ2v) is 5.09. The van der Waals surface area contributed by atoms with Gasteiger partial charge in [0.1, 0.15) is 0 Å². The Hall–Kier alpha value is -0.820. The van der Waals surface area contributed by atoms with Crippen LogP contribution in [-0.4, -0.2) is 13.1 Å². The molecule has 1 N–H and O–H groups in total. The second-order valence-electron chi connectivity index (χ2n) is 5.09. The highest BCUT2D eigenvalue weighted by Gasteiger charge is 2.26. The van der Waals surface area contributed by atoms with Crippen LogP contribution in [0.3, 0.4) is 0 Å². The SMILES string of the molecule is CCNCC(CC)(CC)Cc1ccccc1C. The van der Waals surface area contributed by atoms with Gasteiger partial charge in [-0.3, -0.25) is 0 Å². The van der Waals surface area contributed by atoms with Crippen molar-refractivity contribution in [2.75, 3.05) is 13.1 Å². The maximum absolute atomic E-state index is 3.53. The van der Waals surface area contributed by atoms with Crippen LogP contribution in [0, 0.1) is 12.3 Å². The summed E-state index contributed by atoms with van der Waals surface area (Å²) in [7, 11) is 0.